The number of ether oxygens (including phenoxy) is 3. The lowest BCUT2D eigenvalue weighted by Gasteiger charge is -2.30. The van der Waals surface area contributed by atoms with Gasteiger partial charge in [0.2, 0.25) is 5.60 Å². The Kier molecular flexibility index (Phi) is 10.4. The molecular formula is C25H40O3Si2. The number of benzene rings is 1. The molecule has 2 atom stereocenters. The molecule has 166 valence electrons. The highest BCUT2D eigenvalue weighted by Crippen LogP contribution is 2.23. The van der Waals surface area contributed by atoms with Gasteiger partial charge in [-0.1, -0.05) is 64.4 Å². The number of methoxy groups -OCH3 is 2. The van der Waals surface area contributed by atoms with Crippen molar-refractivity contribution in [1.82, 2.24) is 0 Å². The first kappa shape index (κ1) is 26.5. The average Bonchev–Trinajstić information content (AvgIpc) is 2.75. The van der Waals surface area contributed by atoms with Crippen LogP contribution in [0.1, 0.15) is 33.3 Å². The summed E-state index contributed by atoms with van der Waals surface area (Å²) in [5.41, 5.74) is 7.33. The minimum absolute atomic E-state index is 0.279. The normalized spacial score (nSPS) is 14.6. The molecular weight excluding hydrogens is 404 g/mol. The van der Waals surface area contributed by atoms with Crippen LogP contribution in [0.3, 0.4) is 0 Å². The van der Waals surface area contributed by atoms with Gasteiger partial charge in [0.05, 0.1) is 13.7 Å². The van der Waals surface area contributed by atoms with E-state index in [0.29, 0.717) is 6.61 Å². The van der Waals surface area contributed by atoms with Crippen molar-refractivity contribution in [3.63, 3.8) is 0 Å². The van der Waals surface area contributed by atoms with Crippen LogP contribution < -0.4 is 4.74 Å². The van der Waals surface area contributed by atoms with Crippen molar-refractivity contribution in [2.24, 2.45) is 0 Å². The van der Waals surface area contributed by atoms with Gasteiger partial charge in [-0.15, -0.1) is 11.1 Å². The lowest BCUT2D eigenvalue weighted by atomic mass is 9.99. The second kappa shape index (κ2) is 11.8. The fraction of sp³-hybridized carbons (Fsp3) is 0.600. The SMILES string of the molecule is CC[Si](C#C[C@@](C#C[Si](C)(C)C)(OC)[C@H](C)OCc1ccc(OC)cc1)(CC)CC. The van der Waals surface area contributed by atoms with Crippen LogP contribution in [0.2, 0.25) is 37.8 Å². The lowest BCUT2D eigenvalue weighted by molar-refractivity contribution is -0.0635. The molecule has 3 nitrogen and oxygen atoms in total. The van der Waals surface area contributed by atoms with Gasteiger partial charge in [-0.3, -0.25) is 0 Å². The maximum absolute atomic E-state index is 6.25. The summed E-state index contributed by atoms with van der Waals surface area (Å²) >= 11 is 0. The Morgan fingerprint density at radius 2 is 1.43 bits per heavy atom. The molecule has 0 bridgehead atoms. The molecule has 0 fully saturated rings. The molecule has 0 aromatic heterocycles. The fourth-order valence-electron chi connectivity index (χ4n) is 3.08. The van der Waals surface area contributed by atoms with Crippen LogP contribution in [-0.2, 0) is 16.1 Å². The summed E-state index contributed by atoms with van der Waals surface area (Å²) in [4.78, 5) is 0. The van der Waals surface area contributed by atoms with Gasteiger partial charge in [-0.2, -0.15) is 0 Å². The third kappa shape index (κ3) is 7.63. The van der Waals surface area contributed by atoms with E-state index in [1.165, 1.54) is 0 Å². The molecule has 0 saturated carbocycles. The van der Waals surface area contributed by atoms with Gasteiger partial charge in [0.15, 0.2) is 0 Å². The van der Waals surface area contributed by atoms with Crippen molar-refractivity contribution in [1.29, 1.82) is 0 Å². The van der Waals surface area contributed by atoms with E-state index >= 15 is 0 Å². The molecule has 0 aliphatic heterocycles. The summed E-state index contributed by atoms with van der Waals surface area (Å²) < 4.78 is 17.5. The van der Waals surface area contributed by atoms with Crippen LogP contribution in [0.5, 0.6) is 5.75 Å². The van der Waals surface area contributed by atoms with Crippen molar-refractivity contribution < 1.29 is 14.2 Å². The summed E-state index contributed by atoms with van der Waals surface area (Å²) in [6.45, 7) is 16.0. The van der Waals surface area contributed by atoms with E-state index in [-0.39, 0.29) is 6.10 Å². The van der Waals surface area contributed by atoms with Crippen molar-refractivity contribution in [3.8, 4) is 28.7 Å². The zero-order valence-corrected chi connectivity index (χ0v) is 22.4. The molecule has 0 heterocycles. The van der Waals surface area contributed by atoms with Gasteiger partial charge in [-0.05, 0) is 42.8 Å². The van der Waals surface area contributed by atoms with Crippen molar-refractivity contribution in [2.75, 3.05) is 14.2 Å². The number of rotatable bonds is 9. The first-order valence-electron chi connectivity index (χ1n) is 11.0. The Hall–Kier alpha value is -1.51. The van der Waals surface area contributed by atoms with Gasteiger partial charge >= 0.3 is 0 Å². The maximum Gasteiger partial charge on any atom is 0.215 e. The lowest BCUT2D eigenvalue weighted by Crippen LogP contribution is -2.43. The van der Waals surface area contributed by atoms with Gasteiger partial charge in [0.1, 0.15) is 28.0 Å². The van der Waals surface area contributed by atoms with E-state index in [4.69, 9.17) is 14.2 Å². The molecule has 1 aromatic rings. The van der Waals surface area contributed by atoms with Gasteiger partial charge in [-0.25, -0.2) is 0 Å². The van der Waals surface area contributed by atoms with Crippen molar-refractivity contribution in [2.45, 2.75) is 83.8 Å². The van der Waals surface area contributed by atoms with Gasteiger partial charge < -0.3 is 14.2 Å². The fourth-order valence-corrected chi connectivity index (χ4v) is 6.13. The monoisotopic (exact) mass is 444 g/mol. The van der Waals surface area contributed by atoms with Crippen LogP contribution in [0.15, 0.2) is 24.3 Å². The van der Waals surface area contributed by atoms with E-state index in [2.05, 4.69) is 63.3 Å². The van der Waals surface area contributed by atoms with Crippen LogP contribution in [0.4, 0.5) is 0 Å². The summed E-state index contributed by atoms with van der Waals surface area (Å²) in [7, 11) is 0.149. The third-order valence-corrected chi connectivity index (χ3v) is 11.3. The van der Waals surface area contributed by atoms with Crippen molar-refractivity contribution >= 4 is 16.1 Å². The molecule has 0 radical (unpaired) electrons. The Balaban J connectivity index is 3.24. The molecule has 0 aliphatic rings. The number of hydrogen-bond donors (Lipinski definition) is 0. The quantitative estimate of drug-likeness (QED) is 0.350. The minimum atomic E-state index is -1.63. The molecule has 1 rings (SSSR count). The third-order valence-electron chi connectivity index (χ3n) is 5.72. The smallest absolute Gasteiger partial charge is 0.215 e. The molecule has 0 aliphatic carbocycles. The van der Waals surface area contributed by atoms with Crippen LogP contribution in [0, 0.1) is 22.9 Å². The Morgan fingerprint density at radius 3 is 1.87 bits per heavy atom. The molecule has 0 unspecified atom stereocenters. The first-order chi connectivity index (χ1) is 14.1. The predicted molar refractivity (Wildman–Crippen MR) is 133 cm³/mol. The van der Waals surface area contributed by atoms with Crippen LogP contribution in [-0.4, -0.2) is 42.1 Å². The first-order valence-corrected chi connectivity index (χ1v) is 17.1. The maximum atomic E-state index is 6.25. The zero-order valence-electron chi connectivity index (χ0n) is 20.4. The summed E-state index contributed by atoms with van der Waals surface area (Å²) in [6.07, 6.45) is -0.279. The number of hydrogen-bond acceptors (Lipinski definition) is 3. The van der Waals surface area contributed by atoms with E-state index in [1.54, 1.807) is 14.2 Å². The summed E-state index contributed by atoms with van der Waals surface area (Å²) in [5.74, 6) is 7.75. The highest BCUT2D eigenvalue weighted by molar-refractivity contribution is 6.87. The molecule has 1 aromatic carbocycles. The molecule has 5 heteroatoms. The zero-order chi connectivity index (χ0) is 22.8. The van der Waals surface area contributed by atoms with Crippen molar-refractivity contribution in [3.05, 3.63) is 29.8 Å². The van der Waals surface area contributed by atoms with E-state index in [0.717, 1.165) is 29.4 Å². The standard InChI is InChI=1S/C25H40O3Si2/c1-10-30(11-2,12-3)20-18-25(27-6,17-19-29(7,8)9)22(4)28-21-23-13-15-24(26-5)16-14-23/h13-16,22H,10-12,21H2,1-9H3/t22-,25+/m0/s1. The van der Waals surface area contributed by atoms with E-state index in [9.17, 15) is 0 Å². The van der Waals surface area contributed by atoms with Gasteiger partial charge in [0, 0.05) is 7.11 Å². The molecule has 0 amide bonds. The predicted octanol–water partition coefficient (Wildman–Crippen LogP) is 5.92. The van der Waals surface area contributed by atoms with Crippen LogP contribution in [0.25, 0.3) is 0 Å². The Bertz CT molecular complexity index is 763. The molecule has 0 saturated heterocycles. The summed E-state index contributed by atoms with van der Waals surface area (Å²) in [6, 6.07) is 11.4. The second-order valence-corrected chi connectivity index (χ2v) is 18.5. The van der Waals surface area contributed by atoms with E-state index < -0.39 is 21.7 Å². The topological polar surface area (TPSA) is 27.7 Å². The highest BCUT2D eigenvalue weighted by atomic mass is 28.3. The molecule has 0 N–H and O–H groups in total. The Labute approximate surface area is 186 Å². The largest absolute Gasteiger partial charge is 0.497 e. The Morgan fingerprint density at radius 1 is 0.900 bits per heavy atom. The minimum Gasteiger partial charge on any atom is -0.497 e. The summed E-state index contributed by atoms with van der Waals surface area (Å²) in [5, 5.41) is 0. The molecule has 30 heavy (non-hydrogen) atoms. The van der Waals surface area contributed by atoms with E-state index in [1.807, 2.05) is 31.2 Å². The average molecular weight is 445 g/mol. The van der Waals surface area contributed by atoms with Crippen LogP contribution >= 0.6 is 0 Å². The highest BCUT2D eigenvalue weighted by Gasteiger charge is 2.36. The second-order valence-electron chi connectivity index (χ2n) is 8.83. The molecule has 0 spiro atoms. The van der Waals surface area contributed by atoms with Gasteiger partial charge in [0.25, 0.3) is 0 Å².